The summed E-state index contributed by atoms with van der Waals surface area (Å²) in [5.41, 5.74) is 4.18. The van der Waals surface area contributed by atoms with Gasteiger partial charge >= 0.3 is 6.18 Å². The van der Waals surface area contributed by atoms with Gasteiger partial charge in [0.05, 0.1) is 10.6 Å². The molecule has 4 aliphatic rings. The molecular formula is C21H26ClF3N2O2. The average molecular weight is 431 g/mol. The van der Waals surface area contributed by atoms with Gasteiger partial charge in [-0.1, -0.05) is 11.6 Å². The smallest absolute Gasteiger partial charge is 0.416 e. The van der Waals surface area contributed by atoms with E-state index >= 15 is 0 Å². The Morgan fingerprint density at radius 2 is 1.83 bits per heavy atom. The quantitative estimate of drug-likeness (QED) is 0.737. The molecule has 1 amide bonds. The number of ether oxygens (including phenoxy) is 1. The van der Waals surface area contributed by atoms with Crippen LogP contribution in [0.2, 0.25) is 5.02 Å². The van der Waals surface area contributed by atoms with Crippen LogP contribution in [0.15, 0.2) is 18.2 Å². The van der Waals surface area contributed by atoms with E-state index in [-0.39, 0.29) is 28.3 Å². The van der Waals surface area contributed by atoms with E-state index in [2.05, 4.69) is 5.32 Å². The molecule has 0 saturated heterocycles. The van der Waals surface area contributed by atoms with Crippen LogP contribution in [0, 0.1) is 17.8 Å². The van der Waals surface area contributed by atoms with Crippen molar-refractivity contribution in [1.82, 2.24) is 5.32 Å². The average Bonchev–Trinajstić information content (AvgIpc) is 2.57. The maximum atomic E-state index is 13.0. The van der Waals surface area contributed by atoms with E-state index in [0.717, 1.165) is 50.3 Å². The van der Waals surface area contributed by atoms with Crippen LogP contribution in [0.1, 0.15) is 51.5 Å². The van der Waals surface area contributed by atoms with Crippen LogP contribution in [-0.2, 0) is 11.0 Å². The van der Waals surface area contributed by atoms with Gasteiger partial charge in [-0.25, -0.2) is 0 Å². The number of carbonyl (C=O) groups excluding carboxylic acids is 1. The summed E-state index contributed by atoms with van der Waals surface area (Å²) < 4.78 is 44.7. The fourth-order valence-electron chi connectivity index (χ4n) is 5.73. The molecule has 4 bridgehead atoms. The van der Waals surface area contributed by atoms with Crippen LogP contribution in [0.5, 0.6) is 5.75 Å². The molecule has 8 heteroatoms. The maximum Gasteiger partial charge on any atom is 0.416 e. The number of alkyl halides is 3. The van der Waals surface area contributed by atoms with Gasteiger partial charge in [0.15, 0.2) is 5.60 Å². The van der Waals surface area contributed by atoms with E-state index in [9.17, 15) is 18.0 Å². The molecule has 3 unspecified atom stereocenters. The molecule has 0 aliphatic heterocycles. The van der Waals surface area contributed by atoms with Gasteiger partial charge in [-0.15, -0.1) is 0 Å². The molecule has 4 nitrogen and oxygen atoms in total. The zero-order valence-electron chi connectivity index (χ0n) is 16.5. The number of benzene rings is 1. The first kappa shape index (κ1) is 20.8. The lowest BCUT2D eigenvalue weighted by Crippen LogP contribution is -2.66. The van der Waals surface area contributed by atoms with Crippen LogP contribution < -0.4 is 15.8 Å². The van der Waals surface area contributed by atoms with Gasteiger partial charge < -0.3 is 15.8 Å². The number of halogens is 4. The summed E-state index contributed by atoms with van der Waals surface area (Å²) in [5.74, 6) is 0.826. The van der Waals surface area contributed by atoms with Crippen molar-refractivity contribution >= 4 is 17.5 Å². The third-order valence-corrected chi connectivity index (χ3v) is 7.10. The zero-order valence-corrected chi connectivity index (χ0v) is 17.2. The summed E-state index contributed by atoms with van der Waals surface area (Å²) >= 11 is 6.03. The molecule has 0 heterocycles. The van der Waals surface area contributed by atoms with E-state index in [0.29, 0.717) is 17.8 Å². The Hall–Kier alpha value is -1.47. The molecule has 4 saturated carbocycles. The Morgan fingerprint density at radius 1 is 1.21 bits per heavy atom. The number of rotatable bonds is 4. The van der Waals surface area contributed by atoms with E-state index in [1.54, 1.807) is 13.8 Å². The Bertz CT molecular complexity index is 811. The fraction of sp³-hybridized carbons (Fsp3) is 0.667. The number of hydrogen-bond donors (Lipinski definition) is 2. The first-order valence-electron chi connectivity index (χ1n) is 10.0. The summed E-state index contributed by atoms with van der Waals surface area (Å²) in [4.78, 5) is 13.0. The lowest BCUT2D eigenvalue weighted by atomic mass is 9.51. The molecule has 0 radical (unpaired) electrons. The number of nitrogens with two attached hydrogens (primary N) is 1. The summed E-state index contributed by atoms with van der Waals surface area (Å²) in [6.45, 7) is 3.08. The van der Waals surface area contributed by atoms with Crippen molar-refractivity contribution in [2.45, 2.75) is 69.3 Å². The molecular weight excluding hydrogens is 405 g/mol. The monoisotopic (exact) mass is 430 g/mol. The molecule has 1 aromatic carbocycles. The van der Waals surface area contributed by atoms with Crippen molar-refractivity contribution in [1.29, 1.82) is 0 Å². The van der Waals surface area contributed by atoms with E-state index in [1.807, 2.05) is 0 Å². The molecule has 0 spiro atoms. The number of amides is 1. The first-order valence-corrected chi connectivity index (χ1v) is 10.4. The second-order valence-corrected chi connectivity index (χ2v) is 9.99. The summed E-state index contributed by atoms with van der Waals surface area (Å²) in [6, 6.07) is 2.89. The third kappa shape index (κ3) is 3.96. The topological polar surface area (TPSA) is 64.3 Å². The van der Waals surface area contributed by atoms with Gasteiger partial charge in [0.25, 0.3) is 5.91 Å². The third-order valence-electron chi connectivity index (χ3n) is 6.79. The summed E-state index contributed by atoms with van der Waals surface area (Å²) in [5, 5.41) is 3.15. The van der Waals surface area contributed by atoms with Gasteiger partial charge in [-0.05, 0) is 81.9 Å². The Balaban J connectivity index is 1.48. The van der Waals surface area contributed by atoms with Crippen molar-refractivity contribution in [3.63, 3.8) is 0 Å². The van der Waals surface area contributed by atoms with Crippen molar-refractivity contribution < 1.29 is 22.7 Å². The normalized spacial score (nSPS) is 33.6. The fourth-order valence-corrected chi connectivity index (χ4v) is 5.88. The van der Waals surface area contributed by atoms with E-state index < -0.39 is 17.3 Å². The number of nitrogens with one attached hydrogen (secondary N) is 1. The maximum absolute atomic E-state index is 13.0. The highest BCUT2D eigenvalue weighted by molar-refractivity contribution is 6.32. The molecule has 4 aliphatic carbocycles. The highest BCUT2D eigenvalue weighted by Crippen LogP contribution is 2.54. The van der Waals surface area contributed by atoms with Crippen molar-refractivity contribution in [2.75, 3.05) is 0 Å². The van der Waals surface area contributed by atoms with Crippen LogP contribution in [0.4, 0.5) is 13.2 Å². The standard InChI is InChI=1S/C21H26ClF3N2O2/c1-19(2,29-16-7-14(21(23,24)25)3-4-15(16)22)18(28)27-17-12-5-11-6-13(17)10-20(26,8-11)9-12/h3-4,7,11-13,17H,5-6,8-10,26H2,1-2H3,(H,27,28)/t11?,12-,13+,17?,20?. The Morgan fingerprint density at radius 3 is 2.38 bits per heavy atom. The van der Waals surface area contributed by atoms with Crippen molar-refractivity contribution in [3.8, 4) is 5.75 Å². The minimum atomic E-state index is -4.52. The molecule has 29 heavy (non-hydrogen) atoms. The van der Waals surface area contributed by atoms with Gasteiger partial charge in [0, 0.05) is 11.6 Å². The Labute approximate surface area is 173 Å². The predicted octanol–water partition coefficient (Wildman–Crippen LogP) is 4.54. The Kier molecular flexibility index (Phi) is 4.85. The van der Waals surface area contributed by atoms with E-state index in [1.165, 1.54) is 0 Å². The lowest BCUT2D eigenvalue weighted by Gasteiger charge is -2.59. The summed E-state index contributed by atoms with van der Waals surface area (Å²) in [7, 11) is 0. The first-order chi connectivity index (χ1) is 13.4. The predicted molar refractivity (Wildman–Crippen MR) is 104 cm³/mol. The number of carbonyl (C=O) groups is 1. The second kappa shape index (κ2) is 6.77. The van der Waals surface area contributed by atoms with Gasteiger partial charge in [0.2, 0.25) is 0 Å². The molecule has 5 atom stereocenters. The van der Waals surface area contributed by atoms with Gasteiger partial charge in [0.1, 0.15) is 5.75 Å². The van der Waals surface area contributed by atoms with Crippen LogP contribution >= 0.6 is 11.6 Å². The zero-order chi connectivity index (χ0) is 21.2. The minimum Gasteiger partial charge on any atom is -0.476 e. The van der Waals surface area contributed by atoms with Gasteiger partial charge in [-0.2, -0.15) is 13.2 Å². The molecule has 0 aromatic heterocycles. The molecule has 4 fully saturated rings. The van der Waals surface area contributed by atoms with E-state index in [4.69, 9.17) is 22.1 Å². The lowest BCUT2D eigenvalue weighted by molar-refractivity contribution is -0.139. The molecule has 3 N–H and O–H groups in total. The SMILES string of the molecule is CC(C)(Oc1cc(C(F)(F)F)ccc1Cl)C(=O)NC1[C@@H]2CC3C[C@H]1CC(N)(C3)C2. The highest BCUT2D eigenvalue weighted by atomic mass is 35.5. The van der Waals surface area contributed by atoms with Gasteiger partial charge in [-0.3, -0.25) is 4.79 Å². The molecule has 1 aromatic rings. The van der Waals surface area contributed by atoms with Crippen LogP contribution in [0.3, 0.4) is 0 Å². The molecule has 160 valence electrons. The highest BCUT2D eigenvalue weighted by Gasteiger charge is 2.54. The minimum absolute atomic E-state index is 0.0265. The van der Waals surface area contributed by atoms with Crippen LogP contribution in [-0.4, -0.2) is 23.1 Å². The van der Waals surface area contributed by atoms with Crippen LogP contribution in [0.25, 0.3) is 0 Å². The molecule has 5 rings (SSSR count). The largest absolute Gasteiger partial charge is 0.476 e. The van der Waals surface area contributed by atoms with Crippen molar-refractivity contribution in [3.05, 3.63) is 28.8 Å². The number of hydrogen-bond acceptors (Lipinski definition) is 3. The van der Waals surface area contributed by atoms with Crippen molar-refractivity contribution in [2.24, 2.45) is 23.5 Å². The second-order valence-electron chi connectivity index (χ2n) is 9.59. The summed E-state index contributed by atoms with van der Waals surface area (Å²) in [6.07, 6.45) is 0.511.